The fourth-order valence-corrected chi connectivity index (χ4v) is 5.30. The molecule has 0 amide bonds. The van der Waals surface area contributed by atoms with E-state index in [9.17, 15) is 18.0 Å². The number of aliphatic carboxylic acids is 1. The lowest BCUT2D eigenvalue weighted by atomic mass is 9.98. The topological polar surface area (TPSA) is 156 Å². The number of carboxylic acids is 2. The smallest absolute Gasteiger partial charge is 0.490 e. The van der Waals surface area contributed by atoms with E-state index >= 15 is 0 Å². The van der Waals surface area contributed by atoms with Crippen molar-refractivity contribution in [3.05, 3.63) is 54.7 Å². The molecular formula is C28H33F3N4O7S. The number of carbonyl (C=O) groups is 2. The second kappa shape index (κ2) is 14.6. The number of hydrogen-bond acceptors (Lipinski definition) is 10. The number of benzene rings is 1. The Labute approximate surface area is 250 Å². The molecule has 4 rings (SSSR count). The molecule has 43 heavy (non-hydrogen) atoms. The quantitative estimate of drug-likeness (QED) is 0.148. The molecule has 2 aromatic heterocycles. The normalized spacial score (nSPS) is 17.0. The first-order valence-electron chi connectivity index (χ1n) is 13.1. The van der Waals surface area contributed by atoms with Gasteiger partial charge in [-0.2, -0.15) is 13.2 Å². The fraction of sp³-hybridized carbons (Fsp3) is 0.429. The number of alkyl halides is 3. The summed E-state index contributed by atoms with van der Waals surface area (Å²) in [6.45, 7) is 4.98. The number of nitrogens with zero attached hydrogens (tertiary/aromatic N) is 2. The van der Waals surface area contributed by atoms with Gasteiger partial charge in [-0.1, -0.05) is 0 Å². The van der Waals surface area contributed by atoms with Gasteiger partial charge in [0.05, 0.1) is 36.1 Å². The summed E-state index contributed by atoms with van der Waals surface area (Å²) in [6, 6.07) is 9.20. The largest absolute Gasteiger partial charge is 0.496 e. The molecule has 15 heteroatoms. The summed E-state index contributed by atoms with van der Waals surface area (Å²) in [5, 5.41) is 24.3. The van der Waals surface area contributed by atoms with Crippen LogP contribution in [0.5, 0.6) is 5.75 Å². The van der Waals surface area contributed by atoms with Gasteiger partial charge in [0.2, 0.25) is 0 Å². The molecule has 234 valence electrons. The van der Waals surface area contributed by atoms with E-state index < -0.39 is 24.0 Å². The van der Waals surface area contributed by atoms with E-state index in [4.69, 9.17) is 28.9 Å². The summed E-state index contributed by atoms with van der Waals surface area (Å²) in [5.74, 6) is -2.31. The summed E-state index contributed by atoms with van der Waals surface area (Å²) in [5.41, 5.74) is 1.64. The number of thioether (sulfide) groups is 1. The summed E-state index contributed by atoms with van der Waals surface area (Å²) >= 11 is 1.60. The van der Waals surface area contributed by atoms with Crippen LogP contribution in [0.2, 0.25) is 0 Å². The predicted molar refractivity (Wildman–Crippen MR) is 152 cm³/mol. The Kier molecular flexibility index (Phi) is 11.4. The van der Waals surface area contributed by atoms with Gasteiger partial charge in [-0.3, -0.25) is 5.32 Å². The zero-order chi connectivity index (χ0) is 31.7. The summed E-state index contributed by atoms with van der Waals surface area (Å²) in [6.07, 6.45) is 3.09. The highest BCUT2D eigenvalue weighted by atomic mass is 32.2. The second-order valence-corrected chi connectivity index (χ2v) is 11.3. The van der Waals surface area contributed by atoms with Crippen LogP contribution in [0.15, 0.2) is 58.6 Å². The van der Waals surface area contributed by atoms with Gasteiger partial charge in [0.15, 0.2) is 18.0 Å². The maximum atomic E-state index is 11.0. The van der Waals surface area contributed by atoms with Gasteiger partial charge < -0.3 is 29.4 Å². The highest BCUT2D eigenvalue weighted by molar-refractivity contribution is 7.99. The molecule has 1 saturated heterocycles. The first kappa shape index (κ1) is 33.7. The van der Waals surface area contributed by atoms with Crippen molar-refractivity contribution < 1.29 is 46.9 Å². The van der Waals surface area contributed by atoms with Gasteiger partial charge in [-0.15, -0.1) is 11.8 Å². The number of oxazole rings is 1. The highest BCUT2D eigenvalue weighted by Crippen LogP contribution is 2.35. The van der Waals surface area contributed by atoms with Crippen LogP contribution in [0.25, 0.3) is 11.3 Å². The molecule has 0 bridgehead atoms. The van der Waals surface area contributed by atoms with Gasteiger partial charge in [0.25, 0.3) is 0 Å². The van der Waals surface area contributed by atoms with Crippen LogP contribution in [-0.4, -0.2) is 69.2 Å². The van der Waals surface area contributed by atoms with Crippen molar-refractivity contribution in [3.8, 4) is 17.1 Å². The fourth-order valence-electron chi connectivity index (χ4n) is 4.19. The van der Waals surface area contributed by atoms with Crippen LogP contribution >= 0.6 is 11.8 Å². The van der Waals surface area contributed by atoms with Crippen molar-refractivity contribution in [2.24, 2.45) is 0 Å². The van der Waals surface area contributed by atoms with Crippen LogP contribution in [0.4, 0.5) is 18.9 Å². The van der Waals surface area contributed by atoms with Crippen LogP contribution in [0, 0.1) is 0 Å². The van der Waals surface area contributed by atoms with E-state index in [0.29, 0.717) is 18.1 Å². The number of aromatic carboxylic acids is 1. The Hall–Kier alpha value is -3.82. The minimum absolute atomic E-state index is 0.189. The van der Waals surface area contributed by atoms with E-state index in [1.807, 2.05) is 18.2 Å². The third-order valence-electron chi connectivity index (χ3n) is 6.26. The van der Waals surface area contributed by atoms with Crippen molar-refractivity contribution in [2.75, 3.05) is 24.8 Å². The Balaban J connectivity index is 0.000000646. The Bertz CT molecular complexity index is 1350. The predicted octanol–water partition coefficient (Wildman–Crippen LogP) is 5.89. The van der Waals surface area contributed by atoms with E-state index in [1.165, 1.54) is 12.6 Å². The first-order chi connectivity index (χ1) is 20.2. The minimum Gasteiger partial charge on any atom is -0.496 e. The monoisotopic (exact) mass is 626 g/mol. The SMILES string of the molecule is COc1cc(NC2(NC(C)(C)CCSc3ccc(C(=O)O)cn3)CCCCO2)ccc1-c1cnco1.O=C(O)C(F)(F)F. The molecule has 1 aliphatic rings. The molecule has 3 heterocycles. The molecular weight excluding hydrogens is 593 g/mol. The summed E-state index contributed by atoms with van der Waals surface area (Å²) < 4.78 is 49.1. The summed E-state index contributed by atoms with van der Waals surface area (Å²) in [4.78, 5) is 28.2. The number of methoxy groups -OCH3 is 1. The molecule has 4 N–H and O–H groups in total. The molecule has 11 nitrogen and oxygen atoms in total. The number of anilines is 1. The maximum absolute atomic E-state index is 11.0. The lowest BCUT2D eigenvalue weighted by Gasteiger charge is -2.45. The lowest BCUT2D eigenvalue weighted by molar-refractivity contribution is -0.192. The third-order valence-corrected chi connectivity index (χ3v) is 7.21. The van der Waals surface area contributed by atoms with Gasteiger partial charge in [0.1, 0.15) is 5.75 Å². The van der Waals surface area contributed by atoms with Gasteiger partial charge >= 0.3 is 18.1 Å². The van der Waals surface area contributed by atoms with Crippen molar-refractivity contribution in [1.29, 1.82) is 0 Å². The Morgan fingerprint density at radius 3 is 2.42 bits per heavy atom. The number of rotatable bonds is 11. The van der Waals surface area contributed by atoms with Gasteiger partial charge in [0, 0.05) is 35.7 Å². The molecule has 1 aromatic carbocycles. The third kappa shape index (κ3) is 10.1. The number of hydrogen-bond donors (Lipinski definition) is 4. The molecule has 1 aliphatic heterocycles. The van der Waals surface area contributed by atoms with Crippen molar-refractivity contribution in [2.45, 2.75) is 62.1 Å². The van der Waals surface area contributed by atoms with Crippen LogP contribution in [0.3, 0.4) is 0 Å². The van der Waals surface area contributed by atoms with Crippen molar-refractivity contribution >= 4 is 29.4 Å². The molecule has 1 unspecified atom stereocenters. The van der Waals surface area contributed by atoms with Crippen molar-refractivity contribution in [1.82, 2.24) is 15.3 Å². The van der Waals surface area contributed by atoms with Gasteiger partial charge in [-0.25, -0.2) is 19.6 Å². The number of nitrogens with one attached hydrogen (secondary N) is 2. The zero-order valence-electron chi connectivity index (χ0n) is 23.7. The number of halogens is 3. The molecule has 0 saturated carbocycles. The molecule has 3 aromatic rings. The molecule has 0 spiro atoms. The zero-order valence-corrected chi connectivity index (χ0v) is 24.6. The Morgan fingerprint density at radius 1 is 1.14 bits per heavy atom. The minimum atomic E-state index is -5.08. The number of pyridine rings is 1. The number of ether oxygens (including phenoxy) is 2. The number of carboxylic acid groups (broad SMARTS) is 2. The number of aromatic nitrogens is 2. The molecule has 0 radical (unpaired) electrons. The first-order valence-corrected chi connectivity index (χ1v) is 14.1. The summed E-state index contributed by atoms with van der Waals surface area (Å²) in [7, 11) is 1.63. The van der Waals surface area contributed by atoms with E-state index in [0.717, 1.165) is 47.7 Å². The average molecular weight is 627 g/mol. The van der Waals surface area contributed by atoms with Gasteiger partial charge in [-0.05, 0) is 57.4 Å². The van der Waals surface area contributed by atoms with Crippen LogP contribution in [-0.2, 0) is 9.53 Å². The average Bonchev–Trinajstić information content (AvgIpc) is 3.48. The Morgan fingerprint density at radius 2 is 1.88 bits per heavy atom. The molecule has 1 fully saturated rings. The van der Waals surface area contributed by atoms with Crippen LogP contribution < -0.4 is 15.4 Å². The molecule has 0 aliphatic carbocycles. The second-order valence-electron chi connectivity index (χ2n) is 10.1. The standard InChI is InChI=1S/C26H32N4O5S.C2HF3O2/c1-25(2,11-13-36-23-9-6-18(15-28-23)24(31)32)30-26(10-4-5-12-35-26)29-19-7-8-20(21(14-19)33-3)22-16-27-17-34-22;3-2(4,5)1(6)7/h6-9,14-17,29-30H,4-5,10-13H2,1-3H3,(H,31,32);(H,6,7). The molecule has 1 atom stereocenters. The van der Waals surface area contributed by atoms with Crippen molar-refractivity contribution in [3.63, 3.8) is 0 Å². The van der Waals surface area contributed by atoms with E-state index in [2.05, 4.69) is 34.4 Å². The van der Waals surface area contributed by atoms with Crippen LogP contribution in [0.1, 0.15) is 49.9 Å². The maximum Gasteiger partial charge on any atom is 0.490 e. The van der Waals surface area contributed by atoms with E-state index in [1.54, 1.807) is 37.2 Å². The van der Waals surface area contributed by atoms with E-state index in [-0.39, 0.29) is 11.1 Å². The highest BCUT2D eigenvalue weighted by Gasteiger charge is 2.39. The lowest BCUT2D eigenvalue weighted by Crippen LogP contribution is -2.62.